The molecule has 3 rings (SSSR count). The third kappa shape index (κ3) is 4.58. The van der Waals surface area contributed by atoms with Crippen LogP contribution in [-0.4, -0.2) is 44.5 Å². The summed E-state index contributed by atoms with van der Waals surface area (Å²) in [5.41, 5.74) is 2.40. The number of hydrogen-bond donors (Lipinski definition) is 1. The fourth-order valence-corrected chi connectivity index (χ4v) is 3.32. The first-order chi connectivity index (χ1) is 11.7. The maximum Gasteiger partial charge on any atom is 0.127 e. The van der Waals surface area contributed by atoms with Gasteiger partial charge in [0.15, 0.2) is 0 Å². The summed E-state index contributed by atoms with van der Waals surface area (Å²) < 4.78 is 6.42. The Kier molecular flexibility index (Phi) is 5.88. The monoisotopic (exact) mass is 388 g/mol. The van der Waals surface area contributed by atoms with Gasteiger partial charge in [0.2, 0.25) is 0 Å². The molecular weight excluding hydrogens is 366 g/mol. The van der Waals surface area contributed by atoms with Crippen molar-refractivity contribution in [3.63, 3.8) is 0 Å². The number of quaternary nitrogens is 1. The van der Waals surface area contributed by atoms with Crippen molar-refractivity contribution in [2.24, 2.45) is 5.10 Å². The van der Waals surface area contributed by atoms with Crippen LogP contribution in [0.3, 0.4) is 0 Å². The Balaban J connectivity index is 1.55. The lowest BCUT2D eigenvalue weighted by Gasteiger charge is -2.30. The smallest absolute Gasteiger partial charge is 0.127 e. The standard InChI is InChI=1S/C19H22BrN3O/c1-24-19-8-7-18(20)13-17(19)14-21-23-11-9-22(10-12-23)15-16-5-3-2-4-6-16/h2-8,13-14H,9-12,15H2,1H3/p+1/b21-14+. The Morgan fingerprint density at radius 3 is 2.62 bits per heavy atom. The van der Waals surface area contributed by atoms with Crippen LogP contribution in [-0.2, 0) is 6.54 Å². The minimum Gasteiger partial charge on any atom is -0.496 e. The van der Waals surface area contributed by atoms with Crippen molar-refractivity contribution in [3.05, 3.63) is 64.1 Å². The number of nitrogens with zero attached hydrogens (tertiary/aromatic N) is 2. The zero-order valence-electron chi connectivity index (χ0n) is 13.9. The molecule has 0 spiro atoms. The third-order valence-corrected chi connectivity index (χ3v) is 4.79. The van der Waals surface area contributed by atoms with Crippen molar-refractivity contribution >= 4 is 22.1 Å². The van der Waals surface area contributed by atoms with Crippen molar-refractivity contribution in [2.45, 2.75) is 6.54 Å². The minimum absolute atomic E-state index is 0.843. The van der Waals surface area contributed by atoms with E-state index >= 15 is 0 Å². The van der Waals surface area contributed by atoms with Gasteiger partial charge < -0.3 is 9.64 Å². The van der Waals surface area contributed by atoms with Crippen LogP contribution in [0.25, 0.3) is 0 Å². The highest BCUT2D eigenvalue weighted by Crippen LogP contribution is 2.21. The molecule has 1 heterocycles. The van der Waals surface area contributed by atoms with Gasteiger partial charge in [-0.25, -0.2) is 0 Å². The summed E-state index contributed by atoms with van der Waals surface area (Å²) in [6.45, 7) is 5.28. The lowest BCUT2D eigenvalue weighted by Crippen LogP contribution is -3.13. The van der Waals surface area contributed by atoms with E-state index < -0.39 is 0 Å². The maximum absolute atomic E-state index is 5.39. The summed E-state index contributed by atoms with van der Waals surface area (Å²) in [5, 5.41) is 6.79. The third-order valence-electron chi connectivity index (χ3n) is 4.30. The molecule has 0 radical (unpaired) electrons. The Bertz CT molecular complexity index is 682. The molecule has 1 fully saturated rings. The van der Waals surface area contributed by atoms with Gasteiger partial charge in [-0.2, -0.15) is 5.10 Å². The molecule has 0 bridgehead atoms. The number of benzene rings is 2. The van der Waals surface area contributed by atoms with E-state index in [1.165, 1.54) is 5.56 Å². The van der Waals surface area contributed by atoms with E-state index in [0.717, 1.165) is 48.5 Å². The summed E-state index contributed by atoms with van der Waals surface area (Å²) in [7, 11) is 1.69. The van der Waals surface area contributed by atoms with E-state index in [4.69, 9.17) is 4.74 Å². The van der Waals surface area contributed by atoms with Crippen molar-refractivity contribution in [1.29, 1.82) is 0 Å². The molecule has 5 heteroatoms. The number of rotatable bonds is 5. The normalized spacial score (nSPS) is 15.8. The van der Waals surface area contributed by atoms with Crippen molar-refractivity contribution < 1.29 is 9.64 Å². The van der Waals surface area contributed by atoms with Crippen LogP contribution in [0, 0.1) is 0 Å². The highest BCUT2D eigenvalue weighted by atomic mass is 79.9. The van der Waals surface area contributed by atoms with E-state index in [0.29, 0.717) is 0 Å². The molecule has 24 heavy (non-hydrogen) atoms. The van der Waals surface area contributed by atoms with Crippen LogP contribution in [0.2, 0.25) is 0 Å². The predicted octanol–water partition coefficient (Wildman–Crippen LogP) is 2.19. The molecule has 0 unspecified atom stereocenters. The maximum atomic E-state index is 5.39. The van der Waals surface area contributed by atoms with Gasteiger partial charge in [0.05, 0.1) is 39.5 Å². The average Bonchev–Trinajstić information content (AvgIpc) is 2.62. The zero-order valence-corrected chi connectivity index (χ0v) is 15.5. The molecule has 0 amide bonds. The first-order valence-corrected chi connectivity index (χ1v) is 9.04. The van der Waals surface area contributed by atoms with Gasteiger partial charge in [0, 0.05) is 15.6 Å². The highest BCUT2D eigenvalue weighted by molar-refractivity contribution is 9.10. The summed E-state index contributed by atoms with van der Waals surface area (Å²) >= 11 is 3.50. The van der Waals surface area contributed by atoms with Crippen LogP contribution in [0.15, 0.2) is 58.1 Å². The number of nitrogens with one attached hydrogen (secondary N) is 1. The van der Waals surface area contributed by atoms with Crippen LogP contribution >= 0.6 is 15.9 Å². The molecule has 2 aromatic carbocycles. The van der Waals surface area contributed by atoms with Gasteiger partial charge in [0.1, 0.15) is 12.3 Å². The SMILES string of the molecule is COc1ccc(Br)cc1/C=N/N1CC[NH+](Cc2ccccc2)CC1. The molecule has 1 aliphatic heterocycles. The fraction of sp³-hybridized carbons (Fsp3) is 0.316. The Morgan fingerprint density at radius 2 is 1.92 bits per heavy atom. The topological polar surface area (TPSA) is 29.3 Å². The molecule has 4 nitrogen and oxygen atoms in total. The molecule has 1 saturated heterocycles. The summed E-state index contributed by atoms with van der Waals surface area (Å²) in [6, 6.07) is 16.7. The molecule has 126 valence electrons. The molecule has 1 N–H and O–H groups in total. The second kappa shape index (κ2) is 8.31. The number of hydrazone groups is 1. The van der Waals surface area contributed by atoms with E-state index in [9.17, 15) is 0 Å². The van der Waals surface area contributed by atoms with E-state index in [2.05, 4.69) is 56.4 Å². The largest absolute Gasteiger partial charge is 0.496 e. The summed E-state index contributed by atoms with van der Waals surface area (Å²) in [6.07, 6.45) is 1.89. The predicted molar refractivity (Wildman–Crippen MR) is 101 cm³/mol. The molecule has 1 aliphatic rings. The number of ether oxygens (including phenoxy) is 1. The minimum atomic E-state index is 0.843. The van der Waals surface area contributed by atoms with Gasteiger partial charge in [-0.05, 0) is 18.2 Å². The highest BCUT2D eigenvalue weighted by Gasteiger charge is 2.18. The first-order valence-electron chi connectivity index (χ1n) is 8.24. The van der Waals surface area contributed by atoms with Crippen LogP contribution < -0.4 is 9.64 Å². The van der Waals surface area contributed by atoms with Crippen LogP contribution in [0.4, 0.5) is 0 Å². The van der Waals surface area contributed by atoms with Crippen molar-refractivity contribution in [1.82, 2.24) is 5.01 Å². The Hall–Kier alpha value is -1.85. The van der Waals surface area contributed by atoms with Gasteiger partial charge in [-0.3, -0.25) is 5.01 Å². The second-order valence-electron chi connectivity index (χ2n) is 6.00. The van der Waals surface area contributed by atoms with Gasteiger partial charge >= 0.3 is 0 Å². The molecule has 0 aliphatic carbocycles. The lowest BCUT2D eigenvalue weighted by atomic mass is 10.2. The summed E-state index contributed by atoms with van der Waals surface area (Å²) in [5.74, 6) is 0.843. The molecule has 0 atom stereocenters. The fourth-order valence-electron chi connectivity index (χ4n) is 2.94. The van der Waals surface area contributed by atoms with Crippen molar-refractivity contribution in [3.8, 4) is 5.75 Å². The Labute approximate surface area is 151 Å². The van der Waals surface area contributed by atoms with Gasteiger partial charge in [-0.15, -0.1) is 0 Å². The van der Waals surface area contributed by atoms with Crippen molar-refractivity contribution in [2.75, 3.05) is 33.3 Å². The number of piperazine rings is 1. The average molecular weight is 389 g/mol. The number of methoxy groups -OCH3 is 1. The zero-order chi connectivity index (χ0) is 16.8. The van der Waals surface area contributed by atoms with E-state index in [1.54, 1.807) is 12.0 Å². The first kappa shape index (κ1) is 17.0. The number of halogens is 1. The molecule has 0 aromatic heterocycles. The van der Waals surface area contributed by atoms with Gasteiger partial charge in [0.25, 0.3) is 0 Å². The molecular formula is C19H23BrN3O+. The van der Waals surface area contributed by atoms with Gasteiger partial charge in [-0.1, -0.05) is 46.3 Å². The molecule has 0 saturated carbocycles. The Morgan fingerprint density at radius 1 is 1.17 bits per heavy atom. The second-order valence-corrected chi connectivity index (χ2v) is 6.91. The van der Waals surface area contributed by atoms with E-state index in [-0.39, 0.29) is 0 Å². The lowest BCUT2D eigenvalue weighted by molar-refractivity contribution is -0.918. The van der Waals surface area contributed by atoms with Crippen LogP contribution in [0.5, 0.6) is 5.75 Å². The number of hydrogen-bond acceptors (Lipinski definition) is 3. The quantitative estimate of drug-likeness (QED) is 0.795. The van der Waals surface area contributed by atoms with E-state index in [1.807, 2.05) is 24.4 Å². The summed E-state index contributed by atoms with van der Waals surface area (Å²) in [4.78, 5) is 1.62. The molecule has 2 aromatic rings. The van der Waals surface area contributed by atoms with Crippen LogP contribution in [0.1, 0.15) is 11.1 Å².